The molecule has 0 saturated carbocycles. The van der Waals surface area contributed by atoms with E-state index in [1.54, 1.807) is 42.5 Å². The van der Waals surface area contributed by atoms with Gasteiger partial charge in [0.25, 0.3) is 5.91 Å². The van der Waals surface area contributed by atoms with Crippen LogP contribution in [0.15, 0.2) is 53.6 Å². The van der Waals surface area contributed by atoms with Gasteiger partial charge in [0.2, 0.25) is 5.91 Å². The molecule has 2 aromatic rings. The van der Waals surface area contributed by atoms with Crippen LogP contribution < -0.4 is 10.7 Å². The molecular formula is C19H20FN3O2. The Morgan fingerprint density at radius 1 is 1.12 bits per heavy atom. The molecule has 130 valence electrons. The molecule has 25 heavy (non-hydrogen) atoms. The number of hydrogen-bond acceptors (Lipinski definition) is 3. The molecule has 0 unspecified atom stereocenters. The second kappa shape index (κ2) is 8.73. The quantitative estimate of drug-likeness (QED) is 0.623. The third kappa shape index (κ3) is 5.84. The van der Waals surface area contributed by atoms with E-state index in [0.717, 1.165) is 0 Å². The lowest BCUT2D eigenvalue weighted by Gasteiger charge is -2.07. The van der Waals surface area contributed by atoms with Gasteiger partial charge < -0.3 is 5.32 Å². The van der Waals surface area contributed by atoms with Crippen LogP contribution in [0.2, 0.25) is 0 Å². The van der Waals surface area contributed by atoms with Gasteiger partial charge in [-0.05, 0) is 36.2 Å². The highest BCUT2D eigenvalue weighted by atomic mass is 19.1. The zero-order chi connectivity index (χ0) is 18.2. The predicted molar refractivity (Wildman–Crippen MR) is 96.0 cm³/mol. The second-order valence-electron chi connectivity index (χ2n) is 5.94. The molecule has 0 atom stereocenters. The van der Waals surface area contributed by atoms with Crippen LogP contribution in [0.1, 0.15) is 36.2 Å². The van der Waals surface area contributed by atoms with Crippen LogP contribution in [0.5, 0.6) is 0 Å². The fourth-order valence-corrected chi connectivity index (χ4v) is 2.09. The summed E-state index contributed by atoms with van der Waals surface area (Å²) >= 11 is 0. The Hall–Kier alpha value is -3.02. The van der Waals surface area contributed by atoms with E-state index in [1.165, 1.54) is 12.3 Å². The standard InChI is InChI=1S/C19H20FN3O2/c1-13(2)11-18(24)22-16-9-7-14(8-10-16)19(25)23-21-12-15-5-3-4-6-17(15)20/h3-10,12-13H,11H2,1-2H3,(H,22,24)(H,23,25)/b21-12+. The first-order chi connectivity index (χ1) is 12.0. The van der Waals surface area contributed by atoms with E-state index in [0.29, 0.717) is 17.7 Å². The smallest absolute Gasteiger partial charge is 0.271 e. The molecule has 2 amide bonds. The normalized spacial score (nSPS) is 10.9. The van der Waals surface area contributed by atoms with Crippen molar-refractivity contribution < 1.29 is 14.0 Å². The van der Waals surface area contributed by atoms with E-state index in [2.05, 4.69) is 15.8 Å². The minimum Gasteiger partial charge on any atom is -0.326 e. The van der Waals surface area contributed by atoms with E-state index in [4.69, 9.17) is 0 Å². The van der Waals surface area contributed by atoms with Gasteiger partial charge in [-0.25, -0.2) is 9.82 Å². The SMILES string of the molecule is CC(C)CC(=O)Nc1ccc(C(=O)N/N=C/c2ccccc2F)cc1. The number of hydrogen-bond donors (Lipinski definition) is 2. The average molecular weight is 341 g/mol. The van der Waals surface area contributed by atoms with Crippen molar-refractivity contribution in [2.45, 2.75) is 20.3 Å². The Morgan fingerprint density at radius 3 is 2.44 bits per heavy atom. The van der Waals surface area contributed by atoms with Gasteiger partial charge in [-0.3, -0.25) is 9.59 Å². The Kier molecular flexibility index (Phi) is 6.39. The highest BCUT2D eigenvalue weighted by molar-refractivity contribution is 5.96. The Balaban J connectivity index is 1.92. The van der Waals surface area contributed by atoms with Crippen molar-refractivity contribution in [1.29, 1.82) is 0 Å². The highest BCUT2D eigenvalue weighted by Gasteiger charge is 2.07. The summed E-state index contributed by atoms with van der Waals surface area (Å²) in [5.74, 6) is -0.631. The van der Waals surface area contributed by atoms with Gasteiger partial charge in [-0.15, -0.1) is 0 Å². The molecule has 0 bridgehead atoms. The van der Waals surface area contributed by atoms with Crippen LogP contribution in [0, 0.1) is 11.7 Å². The monoisotopic (exact) mass is 341 g/mol. The number of nitrogens with one attached hydrogen (secondary N) is 2. The summed E-state index contributed by atoms with van der Waals surface area (Å²) in [7, 11) is 0. The van der Waals surface area contributed by atoms with Crippen molar-refractivity contribution in [2.24, 2.45) is 11.0 Å². The van der Waals surface area contributed by atoms with Crippen LogP contribution >= 0.6 is 0 Å². The first-order valence-electron chi connectivity index (χ1n) is 7.93. The molecule has 0 heterocycles. The van der Waals surface area contributed by atoms with E-state index in [1.807, 2.05) is 13.8 Å². The third-order valence-corrected chi connectivity index (χ3v) is 3.30. The summed E-state index contributed by atoms with van der Waals surface area (Å²) in [6, 6.07) is 12.6. The Bertz CT molecular complexity index is 770. The number of amides is 2. The molecule has 2 rings (SSSR count). The zero-order valence-electron chi connectivity index (χ0n) is 14.1. The minimum absolute atomic E-state index is 0.0679. The molecule has 0 spiro atoms. The molecule has 6 heteroatoms. The predicted octanol–water partition coefficient (Wildman–Crippen LogP) is 3.57. The lowest BCUT2D eigenvalue weighted by Crippen LogP contribution is -2.18. The van der Waals surface area contributed by atoms with Crippen molar-refractivity contribution in [3.05, 3.63) is 65.5 Å². The van der Waals surface area contributed by atoms with E-state index in [-0.39, 0.29) is 17.4 Å². The average Bonchev–Trinajstić information content (AvgIpc) is 2.56. The van der Waals surface area contributed by atoms with Gasteiger partial charge in [0.05, 0.1) is 6.21 Å². The van der Waals surface area contributed by atoms with Gasteiger partial charge >= 0.3 is 0 Å². The summed E-state index contributed by atoms with van der Waals surface area (Å²) in [4.78, 5) is 23.7. The van der Waals surface area contributed by atoms with Gasteiger partial charge in [0.1, 0.15) is 5.82 Å². The van der Waals surface area contributed by atoms with Crippen molar-refractivity contribution in [1.82, 2.24) is 5.43 Å². The number of carbonyl (C=O) groups is 2. The van der Waals surface area contributed by atoms with Gasteiger partial charge in [-0.2, -0.15) is 5.10 Å². The molecule has 0 aliphatic heterocycles. The van der Waals surface area contributed by atoms with Crippen molar-refractivity contribution in [2.75, 3.05) is 5.32 Å². The van der Waals surface area contributed by atoms with Crippen LogP contribution in [-0.2, 0) is 4.79 Å². The van der Waals surface area contributed by atoms with Gasteiger partial charge in [0.15, 0.2) is 0 Å². The van der Waals surface area contributed by atoms with Crippen LogP contribution in [0.25, 0.3) is 0 Å². The zero-order valence-corrected chi connectivity index (χ0v) is 14.1. The molecule has 2 aromatic carbocycles. The molecule has 0 saturated heterocycles. The van der Waals surface area contributed by atoms with Crippen molar-refractivity contribution in [3.63, 3.8) is 0 Å². The number of hydrazone groups is 1. The van der Waals surface area contributed by atoms with Crippen LogP contribution in [0.3, 0.4) is 0 Å². The molecule has 2 N–H and O–H groups in total. The summed E-state index contributed by atoms with van der Waals surface area (Å²) in [5, 5.41) is 6.52. The van der Waals surface area contributed by atoms with E-state index in [9.17, 15) is 14.0 Å². The summed E-state index contributed by atoms with van der Waals surface area (Å²) in [5.41, 5.74) is 3.63. The second-order valence-corrected chi connectivity index (χ2v) is 5.94. The summed E-state index contributed by atoms with van der Waals surface area (Å²) in [6.45, 7) is 3.93. The topological polar surface area (TPSA) is 70.6 Å². The summed E-state index contributed by atoms with van der Waals surface area (Å²) < 4.78 is 13.4. The first kappa shape index (κ1) is 18.3. The van der Waals surface area contributed by atoms with Gasteiger partial charge in [0, 0.05) is 23.2 Å². The number of anilines is 1. The fourth-order valence-electron chi connectivity index (χ4n) is 2.09. The van der Waals surface area contributed by atoms with Crippen LogP contribution in [-0.4, -0.2) is 18.0 Å². The Morgan fingerprint density at radius 2 is 1.80 bits per heavy atom. The van der Waals surface area contributed by atoms with Gasteiger partial charge in [-0.1, -0.05) is 32.0 Å². The van der Waals surface area contributed by atoms with Crippen molar-refractivity contribution in [3.8, 4) is 0 Å². The Labute approximate surface area is 145 Å². The largest absolute Gasteiger partial charge is 0.326 e. The lowest BCUT2D eigenvalue weighted by atomic mass is 10.1. The van der Waals surface area contributed by atoms with Crippen molar-refractivity contribution >= 4 is 23.7 Å². The maximum absolute atomic E-state index is 13.4. The molecule has 0 aromatic heterocycles. The fraction of sp³-hybridized carbons (Fsp3) is 0.211. The number of halogens is 1. The molecule has 0 fully saturated rings. The maximum atomic E-state index is 13.4. The van der Waals surface area contributed by atoms with E-state index < -0.39 is 11.7 Å². The molecule has 5 nitrogen and oxygen atoms in total. The minimum atomic E-state index is -0.423. The highest BCUT2D eigenvalue weighted by Crippen LogP contribution is 2.11. The lowest BCUT2D eigenvalue weighted by molar-refractivity contribution is -0.116. The number of rotatable bonds is 6. The molecule has 0 radical (unpaired) electrons. The third-order valence-electron chi connectivity index (χ3n) is 3.30. The maximum Gasteiger partial charge on any atom is 0.271 e. The number of carbonyl (C=O) groups excluding carboxylic acids is 2. The number of nitrogens with zero attached hydrogens (tertiary/aromatic N) is 1. The number of benzene rings is 2. The molecular weight excluding hydrogens is 321 g/mol. The molecule has 0 aliphatic carbocycles. The first-order valence-corrected chi connectivity index (χ1v) is 7.93. The van der Waals surface area contributed by atoms with E-state index >= 15 is 0 Å². The summed E-state index contributed by atoms with van der Waals surface area (Å²) in [6.07, 6.45) is 1.68. The van der Waals surface area contributed by atoms with Crippen LogP contribution in [0.4, 0.5) is 10.1 Å². The molecule has 0 aliphatic rings.